The Kier molecular flexibility index (Phi) is 12.8. The summed E-state index contributed by atoms with van der Waals surface area (Å²) in [6, 6.07) is 1.75. The van der Waals surface area contributed by atoms with E-state index in [1.165, 1.54) is 6.92 Å². The molecular formula is C18H22BBr3CuF4N7. The van der Waals surface area contributed by atoms with Crippen molar-refractivity contribution in [1.82, 2.24) is 29.3 Å². The van der Waals surface area contributed by atoms with Gasteiger partial charge in [-0.25, -0.2) is 14.0 Å². The van der Waals surface area contributed by atoms with Crippen molar-refractivity contribution in [1.29, 1.82) is 5.26 Å². The van der Waals surface area contributed by atoms with Crippen LogP contribution in [0.5, 0.6) is 0 Å². The minimum Gasteiger partial charge on any atom is -0.418 e. The van der Waals surface area contributed by atoms with Gasteiger partial charge in [-0.3, -0.25) is 0 Å². The number of aromatic nitrogens is 6. The molecule has 7 nitrogen and oxygen atoms in total. The molecular weight excluding hydrogens is 704 g/mol. The third-order valence-corrected chi connectivity index (χ3v) is 7.81. The second kappa shape index (κ2) is 13.2. The number of hydrogen-bond acceptors (Lipinski definition) is 4. The van der Waals surface area contributed by atoms with Gasteiger partial charge >= 0.3 is 24.3 Å². The Morgan fingerprint density at radius 3 is 1.00 bits per heavy atom. The maximum Gasteiger partial charge on any atom is 1.00 e. The van der Waals surface area contributed by atoms with Gasteiger partial charge in [-0.05, 0) is 89.3 Å². The van der Waals surface area contributed by atoms with E-state index in [1.807, 2.05) is 55.6 Å². The summed E-state index contributed by atoms with van der Waals surface area (Å²) in [7, 11) is -6.00. The normalized spacial score (nSPS) is 10.6. The molecule has 192 valence electrons. The van der Waals surface area contributed by atoms with Gasteiger partial charge in [-0.1, -0.05) is 0 Å². The topological polar surface area (TPSA) is 77.2 Å². The smallest absolute Gasteiger partial charge is 0.418 e. The molecule has 0 unspecified atom stereocenters. The maximum absolute atomic E-state index is 9.75. The molecule has 0 fully saturated rings. The van der Waals surface area contributed by atoms with Crippen LogP contribution >= 0.6 is 47.8 Å². The van der Waals surface area contributed by atoms with Crippen molar-refractivity contribution in [3.63, 3.8) is 0 Å². The van der Waals surface area contributed by atoms with Crippen molar-refractivity contribution in [2.24, 2.45) is 0 Å². The molecule has 3 rings (SSSR count). The first-order chi connectivity index (χ1) is 15.1. The van der Waals surface area contributed by atoms with Gasteiger partial charge in [-0.2, -0.15) is 20.6 Å². The molecule has 3 aromatic rings. The monoisotopic (exact) mass is 723 g/mol. The van der Waals surface area contributed by atoms with Gasteiger partial charge in [0.05, 0.1) is 53.7 Å². The molecule has 0 saturated carbocycles. The molecule has 0 N–H and O–H groups in total. The molecule has 0 bridgehead atoms. The first-order valence-electron chi connectivity index (χ1n) is 9.38. The van der Waals surface area contributed by atoms with E-state index in [0.717, 1.165) is 47.6 Å². The van der Waals surface area contributed by atoms with Crippen LogP contribution in [0.4, 0.5) is 17.3 Å². The maximum atomic E-state index is 9.75. The van der Waals surface area contributed by atoms with E-state index >= 15 is 0 Å². The summed E-state index contributed by atoms with van der Waals surface area (Å²) < 4.78 is 47.9. The number of nitriles is 1. The van der Waals surface area contributed by atoms with Crippen molar-refractivity contribution in [2.75, 3.05) is 0 Å². The predicted molar refractivity (Wildman–Crippen MR) is 130 cm³/mol. The van der Waals surface area contributed by atoms with Gasteiger partial charge in [0.25, 0.3) is 0 Å². The predicted octanol–water partition coefficient (Wildman–Crippen LogP) is 6.79. The van der Waals surface area contributed by atoms with E-state index in [-0.39, 0.29) is 23.4 Å². The fourth-order valence-corrected chi connectivity index (χ4v) is 3.70. The molecule has 0 saturated heterocycles. The van der Waals surface area contributed by atoms with E-state index in [0.29, 0.717) is 0 Å². The van der Waals surface area contributed by atoms with Crippen LogP contribution in [0.2, 0.25) is 0 Å². The molecule has 0 aliphatic rings. The van der Waals surface area contributed by atoms with Gasteiger partial charge in [0, 0.05) is 6.92 Å². The minimum atomic E-state index is -6.00. The third kappa shape index (κ3) is 7.94. The second-order valence-electron chi connectivity index (χ2n) is 6.85. The van der Waals surface area contributed by atoms with Crippen molar-refractivity contribution in [3.05, 3.63) is 47.6 Å². The Morgan fingerprint density at radius 2 is 0.882 bits per heavy atom. The van der Waals surface area contributed by atoms with Gasteiger partial charge in [-0.15, -0.1) is 0 Å². The average Bonchev–Trinajstić information content (AvgIpc) is 3.20. The number of nitrogens with zero attached hydrogens (tertiary/aromatic N) is 7. The SMILES string of the molecule is CC#N.Cc1nn(C(n2nc(C)c(Br)c2C)n2nc(C)c(Br)c2C)c(C)c1Br.F[B-](F)(F)F.[Cu+]. The number of aryl methyl sites for hydroxylation is 3. The molecule has 3 heterocycles. The standard InChI is InChI=1S/C16H19Br3N6.C2H3N.BF4.Cu/c1-7-13(17)10(4)23(20-7)16(24-11(5)14(18)8(2)21-24)25-12(6)15(19)9(3)22-25;1-2-3;2-1(3,4)5;/h16H,1-6H3;1H3;;/q;;-1;+1. The zero-order chi connectivity index (χ0) is 25.8. The summed E-state index contributed by atoms with van der Waals surface area (Å²) in [5.41, 5.74) is 5.87. The number of halogens is 7. The van der Waals surface area contributed by atoms with Crippen LogP contribution in [0.15, 0.2) is 13.4 Å². The first-order valence-corrected chi connectivity index (χ1v) is 11.8. The molecule has 0 aliphatic carbocycles. The summed E-state index contributed by atoms with van der Waals surface area (Å²) >= 11 is 10.9. The first kappa shape index (κ1) is 32.9. The Hall–Kier alpha value is -1.14. The Balaban J connectivity index is 0.00000106. The molecule has 0 atom stereocenters. The van der Waals surface area contributed by atoms with E-state index < -0.39 is 7.25 Å². The van der Waals surface area contributed by atoms with Crippen molar-refractivity contribution < 1.29 is 34.3 Å². The fraction of sp³-hybridized carbons (Fsp3) is 0.444. The van der Waals surface area contributed by atoms with E-state index in [4.69, 9.17) is 20.6 Å². The fourth-order valence-electron chi connectivity index (χ4n) is 2.91. The van der Waals surface area contributed by atoms with Crippen LogP contribution in [0.1, 0.15) is 47.4 Å². The third-order valence-electron chi connectivity index (χ3n) is 4.37. The van der Waals surface area contributed by atoms with E-state index in [2.05, 4.69) is 47.8 Å². The average molecular weight is 726 g/mol. The largest absolute Gasteiger partial charge is 1.00 e. The summed E-state index contributed by atoms with van der Waals surface area (Å²) in [5, 5.41) is 21.5. The molecule has 16 heteroatoms. The van der Waals surface area contributed by atoms with Gasteiger partial charge in [0.2, 0.25) is 6.29 Å². The summed E-state index contributed by atoms with van der Waals surface area (Å²) in [6.07, 6.45) is -0.333. The van der Waals surface area contributed by atoms with Crippen molar-refractivity contribution >= 4 is 55.0 Å². The van der Waals surface area contributed by atoms with Crippen LogP contribution in [0.25, 0.3) is 0 Å². The zero-order valence-electron chi connectivity index (χ0n) is 19.2. The molecule has 3 aromatic heterocycles. The van der Waals surface area contributed by atoms with Crippen molar-refractivity contribution in [3.8, 4) is 6.07 Å². The number of rotatable bonds is 3. The molecule has 0 spiro atoms. The van der Waals surface area contributed by atoms with Gasteiger partial charge in [0.15, 0.2) is 0 Å². The summed E-state index contributed by atoms with van der Waals surface area (Å²) in [4.78, 5) is 0. The quantitative estimate of drug-likeness (QED) is 0.220. The van der Waals surface area contributed by atoms with Crippen LogP contribution in [0.3, 0.4) is 0 Å². The molecule has 0 aliphatic heterocycles. The van der Waals surface area contributed by atoms with Crippen LogP contribution in [-0.4, -0.2) is 36.6 Å². The van der Waals surface area contributed by atoms with Gasteiger partial charge < -0.3 is 17.3 Å². The Morgan fingerprint density at radius 1 is 0.706 bits per heavy atom. The molecule has 0 aromatic carbocycles. The number of hydrogen-bond donors (Lipinski definition) is 0. The van der Waals surface area contributed by atoms with Gasteiger partial charge in [0.1, 0.15) is 0 Å². The molecule has 34 heavy (non-hydrogen) atoms. The van der Waals surface area contributed by atoms with Crippen LogP contribution in [-0.2, 0) is 17.1 Å². The Bertz CT molecular complexity index is 1040. The zero-order valence-corrected chi connectivity index (χ0v) is 24.9. The minimum absolute atomic E-state index is 0. The Labute approximate surface area is 231 Å². The molecule has 0 amide bonds. The van der Waals surface area contributed by atoms with Crippen LogP contribution in [0, 0.1) is 52.9 Å². The van der Waals surface area contributed by atoms with Crippen molar-refractivity contribution in [2.45, 2.75) is 54.8 Å². The van der Waals surface area contributed by atoms with E-state index in [1.54, 1.807) is 6.07 Å². The second-order valence-corrected chi connectivity index (χ2v) is 9.23. The van der Waals surface area contributed by atoms with E-state index in [9.17, 15) is 17.3 Å². The summed E-state index contributed by atoms with van der Waals surface area (Å²) in [6.45, 7) is 13.5. The van der Waals surface area contributed by atoms with Crippen LogP contribution < -0.4 is 0 Å². The molecule has 0 radical (unpaired) electrons. The summed E-state index contributed by atoms with van der Waals surface area (Å²) in [5.74, 6) is 0.